The number of fused-ring (bicyclic) bond motifs is 1. The summed E-state index contributed by atoms with van der Waals surface area (Å²) >= 11 is 1.71. The first-order chi connectivity index (χ1) is 9.32. The minimum absolute atomic E-state index is 0.271. The quantitative estimate of drug-likeness (QED) is 0.860. The Bertz CT molecular complexity index is 622. The third kappa shape index (κ3) is 2.09. The molecule has 0 amide bonds. The first-order valence-electron chi connectivity index (χ1n) is 6.89. The highest BCUT2D eigenvalue weighted by Gasteiger charge is 2.53. The van der Waals surface area contributed by atoms with Crippen LogP contribution in [0.2, 0.25) is 0 Å². The summed E-state index contributed by atoms with van der Waals surface area (Å²) in [5, 5.41) is 3.31. The normalized spacial score (nSPS) is 22.4. The van der Waals surface area contributed by atoms with E-state index in [1.54, 1.807) is 11.3 Å². The molecular weight excluding hydrogens is 269 g/mol. The Morgan fingerprint density at radius 3 is 2.35 bits per heavy atom. The molecule has 0 aliphatic carbocycles. The van der Waals surface area contributed by atoms with Crippen LogP contribution in [0.3, 0.4) is 0 Å². The number of nitrogens with two attached hydrogens (primary N) is 1. The summed E-state index contributed by atoms with van der Waals surface area (Å²) < 4.78 is 13.4. The summed E-state index contributed by atoms with van der Waals surface area (Å²) in [5.74, 6) is -0.271. The Morgan fingerprint density at radius 2 is 1.70 bits per heavy atom. The number of hydrogen-bond donors (Lipinski definition) is 1. The van der Waals surface area contributed by atoms with Crippen molar-refractivity contribution in [3.63, 3.8) is 0 Å². The molecule has 1 aliphatic rings. The lowest BCUT2D eigenvalue weighted by molar-refractivity contribution is 0.00578. The second-order valence-corrected chi connectivity index (χ2v) is 7.25. The molecule has 1 aliphatic heterocycles. The molecule has 3 nitrogen and oxygen atoms in total. The van der Waals surface area contributed by atoms with Crippen molar-refractivity contribution in [3.05, 3.63) is 35.2 Å². The van der Waals surface area contributed by atoms with Crippen LogP contribution in [0.15, 0.2) is 29.6 Å². The largest absolute Gasteiger partial charge is 0.480 e. The van der Waals surface area contributed by atoms with Crippen molar-refractivity contribution in [2.75, 3.05) is 0 Å². The summed E-state index contributed by atoms with van der Waals surface area (Å²) in [4.78, 5) is 0. The van der Waals surface area contributed by atoms with Crippen LogP contribution in [0.1, 0.15) is 39.2 Å². The molecule has 1 aromatic carbocycles. The Balaban J connectivity index is 1.93. The van der Waals surface area contributed by atoms with Crippen LogP contribution in [-0.4, -0.2) is 18.3 Å². The van der Waals surface area contributed by atoms with Crippen molar-refractivity contribution < 1.29 is 9.31 Å². The van der Waals surface area contributed by atoms with E-state index in [2.05, 4.69) is 17.5 Å². The minimum atomic E-state index is -0.405. The van der Waals surface area contributed by atoms with E-state index in [1.807, 2.05) is 39.8 Å². The van der Waals surface area contributed by atoms with Crippen LogP contribution in [0, 0.1) is 0 Å². The Labute approximate surface area is 124 Å². The maximum Gasteiger partial charge on any atom is 0.480 e. The molecule has 1 saturated heterocycles. The standard InChI is InChI=1S/C15H20BNO2S/c1-14(2)15(3,4)19-16(18-14)13(17)11-9-20-12-8-6-5-7-10(11)12/h5-9,13H,17H2,1-4H3/t13-/m0/s1. The van der Waals surface area contributed by atoms with Crippen LogP contribution in [0.5, 0.6) is 0 Å². The van der Waals surface area contributed by atoms with Crippen LogP contribution in [0.25, 0.3) is 10.1 Å². The van der Waals surface area contributed by atoms with Crippen LogP contribution in [0.4, 0.5) is 0 Å². The lowest BCUT2D eigenvalue weighted by Crippen LogP contribution is -2.41. The predicted molar refractivity (Wildman–Crippen MR) is 84.8 cm³/mol. The third-order valence-corrected chi connectivity index (χ3v) is 5.42. The minimum Gasteiger partial charge on any atom is -0.402 e. The molecule has 2 heterocycles. The third-order valence-electron chi connectivity index (χ3n) is 4.43. The first-order valence-corrected chi connectivity index (χ1v) is 7.77. The summed E-state index contributed by atoms with van der Waals surface area (Å²) in [6.07, 6.45) is 0. The molecule has 0 spiro atoms. The maximum atomic E-state index is 6.41. The zero-order valence-electron chi connectivity index (χ0n) is 12.3. The monoisotopic (exact) mass is 289 g/mol. The van der Waals surface area contributed by atoms with E-state index in [0.717, 1.165) is 5.56 Å². The summed E-state index contributed by atoms with van der Waals surface area (Å²) in [6, 6.07) is 8.30. The Kier molecular flexibility index (Phi) is 3.21. The highest BCUT2D eigenvalue weighted by molar-refractivity contribution is 7.17. The van der Waals surface area contributed by atoms with Gasteiger partial charge in [0.05, 0.1) is 17.1 Å². The van der Waals surface area contributed by atoms with Crippen LogP contribution >= 0.6 is 11.3 Å². The van der Waals surface area contributed by atoms with Gasteiger partial charge in [-0.1, -0.05) is 18.2 Å². The van der Waals surface area contributed by atoms with Gasteiger partial charge >= 0.3 is 7.12 Å². The molecule has 2 aromatic rings. The molecule has 2 N–H and O–H groups in total. The van der Waals surface area contributed by atoms with Gasteiger partial charge in [-0.15, -0.1) is 11.3 Å². The van der Waals surface area contributed by atoms with E-state index >= 15 is 0 Å². The van der Waals surface area contributed by atoms with Crippen molar-refractivity contribution in [2.24, 2.45) is 5.73 Å². The molecule has 1 fully saturated rings. The molecule has 0 unspecified atom stereocenters. The van der Waals surface area contributed by atoms with E-state index in [-0.39, 0.29) is 17.1 Å². The zero-order chi connectivity index (χ0) is 14.5. The van der Waals surface area contributed by atoms with Gasteiger partial charge in [0.25, 0.3) is 0 Å². The summed E-state index contributed by atoms with van der Waals surface area (Å²) in [6.45, 7) is 8.19. The first kappa shape index (κ1) is 14.1. The van der Waals surface area contributed by atoms with E-state index in [1.165, 1.54) is 10.1 Å². The van der Waals surface area contributed by atoms with Gasteiger partial charge in [0.2, 0.25) is 0 Å². The van der Waals surface area contributed by atoms with Crippen LogP contribution in [-0.2, 0) is 9.31 Å². The van der Waals surface area contributed by atoms with E-state index in [9.17, 15) is 0 Å². The number of rotatable bonds is 2. The summed E-state index contributed by atoms with van der Waals surface area (Å²) in [7, 11) is -0.405. The predicted octanol–water partition coefficient (Wildman–Crippen LogP) is 3.53. The summed E-state index contributed by atoms with van der Waals surface area (Å²) in [5.41, 5.74) is 6.82. The van der Waals surface area contributed by atoms with Crippen molar-refractivity contribution >= 4 is 28.5 Å². The second kappa shape index (κ2) is 4.56. The van der Waals surface area contributed by atoms with Gasteiger partial charge in [-0.2, -0.15) is 0 Å². The second-order valence-electron chi connectivity index (χ2n) is 6.34. The van der Waals surface area contributed by atoms with E-state index in [4.69, 9.17) is 15.0 Å². The van der Waals surface area contributed by atoms with Crippen molar-refractivity contribution in [1.29, 1.82) is 0 Å². The fourth-order valence-electron chi connectivity index (χ4n) is 2.44. The number of thiophene rings is 1. The number of hydrogen-bond acceptors (Lipinski definition) is 4. The van der Waals surface area contributed by atoms with E-state index in [0.29, 0.717) is 0 Å². The van der Waals surface area contributed by atoms with Crippen molar-refractivity contribution in [1.82, 2.24) is 0 Å². The Hall–Kier alpha value is -0.875. The molecule has 1 aromatic heterocycles. The van der Waals surface area contributed by atoms with Gasteiger partial charge in [0.1, 0.15) is 0 Å². The fourth-order valence-corrected chi connectivity index (χ4v) is 3.45. The average Bonchev–Trinajstić information content (AvgIpc) is 2.88. The highest BCUT2D eigenvalue weighted by Crippen LogP contribution is 2.41. The lowest BCUT2D eigenvalue weighted by Gasteiger charge is -2.32. The van der Waals surface area contributed by atoms with Crippen LogP contribution < -0.4 is 5.73 Å². The van der Waals surface area contributed by atoms with Gasteiger partial charge in [0.15, 0.2) is 0 Å². The van der Waals surface area contributed by atoms with Gasteiger partial charge in [0, 0.05) is 4.70 Å². The highest BCUT2D eigenvalue weighted by atomic mass is 32.1. The van der Waals surface area contributed by atoms with Crippen molar-refractivity contribution in [3.8, 4) is 0 Å². The van der Waals surface area contributed by atoms with Gasteiger partial charge in [-0.3, -0.25) is 0 Å². The zero-order valence-corrected chi connectivity index (χ0v) is 13.2. The van der Waals surface area contributed by atoms with Crippen molar-refractivity contribution in [2.45, 2.75) is 44.8 Å². The molecule has 106 valence electrons. The molecular formula is C15H20BNO2S. The fraction of sp³-hybridized carbons (Fsp3) is 0.467. The van der Waals surface area contributed by atoms with Gasteiger partial charge in [-0.25, -0.2) is 0 Å². The topological polar surface area (TPSA) is 44.5 Å². The van der Waals surface area contributed by atoms with Gasteiger partial charge < -0.3 is 15.0 Å². The lowest BCUT2D eigenvalue weighted by atomic mass is 9.75. The SMILES string of the molecule is CC1(C)OB([C@@H](N)c2csc3ccccc23)OC1(C)C. The molecule has 20 heavy (non-hydrogen) atoms. The molecule has 5 heteroatoms. The smallest absolute Gasteiger partial charge is 0.402 e. The maximum absolute atomic E-state index is 6.41. The number of benzene rings is 1. The molecule has 1 atom stereocenters. The van der Waals surface area contributed by atoms with E-state index < -0.39 is 7.12 Å². The Morgan fingerprint density at radius 1 is 1.10 bits per heavy atom. The van der Waals surface area contributed by atoms with Gasteiger partial charge in [-0.05, 0) is 50.1 Å². The average molecular weight is 289 g/mol. The molecule has 0 saturated carbocycles. The molecule has 0 bridgehead atoms. The molecule has 3 rings (SSSR count). The molecule has 0 radical (unpaired) electrons.